The van der Waals surface area contributed by atoms with Crippen molar-refractivity contribution < 1.29 is 28.6 Å². The van der Waals surface area contributed by atoms with Gasteiger partial charge in [0.1, 0.15) is 13.2 Å². The molecule has 0 aromatic heterocycles. The third-order valence-electron chi connectivity index (χ3n) is 11.3. The summed E-state index contributed by atoms with van der Waals surface area (Å²) in [7, 11) is 0. The molecule has 0 saturated carbocycles. The molecule has 0 aromatic carbocycles. The quantitative estimate of drug-likeness (QED) is 0.0262. The fraction of sp³-hybridized carbons (Fsp3) is 0.683. The average Bonchev–Trinajstić information content (AvgIpc) is 3.31. The van der Waals surface area contributed by atoms with Crippen LogP contribution in [0.1, 0.15) is 245 Å². The number of rotatable bonds is 48. The van der Waals surface area contributed by atoms with Crippen molar-refractivity contribution in [2.45, 2.75) is 252 Å². The molecule has 6 nitrogen and oxygen atoms in total. The number of carbonyl (C=O) groups excluding carboxylic acids is 3. The van der Waals surface area contributed by atoms with Gasteiger partial charge in [-0.2, -0.15) is 0 Å². The first-order chi connectivity index (χ1) is 32.5. The van der Waals surface area contributed by atoms with Gasteiger partial charge in [0.2, 0.25) is 0 Å². The Hall–Kier alpha value is -3.67. The third kappa shape index (κ3) is 51.3. The highest BCUT2D eigenvalue weighted by Gasteiger charge is 2.19. The van der Waals surface area contributed by atoms with Crippen molar-refractivity contribution in [3.8, 4) is 0 Å². The van der Waals surface area contributed by atoms with E-state index in [0.29, 0.717) is 19.3 Å². The van der Waals surface area contributed by atoms with Crippen LogP contribution < -0.4 is 0 Å². The van der Waals surface area contributed by atoms with Crippen LogP contribution in [-0.2, 0) is 28.6 Å². The maximum absolute atomic E-state index is 12.8. The molecule has 0 rings (SSSR count). The van der Waals surface area contributed by atoms with E-state index in [1.165, 1.54) is 89.9 Å². The van der Waals surface area contributed by atoms with E-state index < -0.39 is 6.10 Å². The van der Waals surface area contributed by atoms with Crippen molar-refractivity contribution in [1.29, 1.82) is 0 Å². The van der Waals surface area contributed by atoms with Crippen molar-refractivity contribution in [3.63, 3.8) is 0 Å². The Labute approximate surface area is 407 Å². The fourth-order valence-corrected chi connectivity index (χ4v) is 7.26. The van der Waals surface area contributed by atoms with E-state index in [1.54, 1.807) is 0 Å². The summed E-state index contributed by atoms with van der Waals surface area (Å²) in [4.78, 5) is 38.0. The Morgan fingerprint density at radius 2 is 0.636 bits per heavy atom. The second-order valence-corrected chi connectivity index (χ2v) is 17.8. The van der Waals surface area contributed by atoms with Gasteiger partial charge in [-0.25, -0.2) is 0 Å². The van der Waals surface area contributed by atoms with Crippen molar-refractivity contribution >= 4 is 17.9 Å². The minimum atomic E-state index is -0.802. The first-order valence-corrected chi connectivity index (χ1v) is 27.2. The molecule has 0 aromatic rings. The highest BCUT2D eigenvalue weighted by Crippen LogP contribution is 2.15. The normalized spacial score (nSPS) is 12.8. The maximum Gasteiger partial charge on any atom is 0.306 e. The number of esters is 3. The predicted octanol–water partition coefficient (Wildman–Crippen LogP) is 18.1. The highest BCUT2D eigenvalue weighted by molar-refractivity contribution is 5.71. The van der Waals surface area contributed by atoms with Crippen molar-refractivity contribution in [1.82, 2.24) is 0 Å². The van der Waals surface area contributed by atoms with Gasteiger partial charge in [-0.05, 0) is 89.9 Å². The molecule has 0 aliphatic heterocycles. The lowest BCUT2D eigenvalue weighted by molar-refractivity contribution is -0.167. The van der Waals surface area contributed by atoms with Crippen LogP contribution in [0.15, 0.2) is 97.2 Å². The topological polar surface area (TPSA) is 78.9 Å². The Morgan fingerprint density at radius 1 is 0.318 bits per heavy atom. The molecule has 0 radical (unpaired) electrons. The number of hydrogen-bond acceptors (Lipinski definition) is 6. The Morgan fingerprint density at radius 3 is 1.06 bits per heavy atom. The summed E-state index contributed by atoms with van der Waals surface area (Å²) in [6.45, 7) is 6.41. The van der Waals surface area contributed by atoms with Gasteiger partial charge in [0, 0.05) is 19.3 Å². The standard InChI is InChI=1S/C60H100O6/c1-4-7-10-13-16-19-22-24-26-27-28-29-30-31-32-33-35-36-38-41-44-47-50-53-59(62)65-56-57(55-64-58(61)52-49-46-43-40-21-18-15-12-9-6-3)66-60(63)54-51-48-45-42-39-37-34-25-23-20-17-14-11-8-5-2/h7,10,12,15-16,19,24,26,28-29,31-32,35-36,41,44,57H,4-6,8-9,11,13-14,17-18,20-23,25,27,30,33-34,37-40,42-43,45-56H2,1-3H3/b10-7-,15-12-,19-16-,26-24-,29-28-,32-31-,36-35-,44-41-. The van der Waals surface area contributed by atoms with Crippen LogP contribution in [0.4, 0.5) is 0 Å². The molecule has 1 unspecified atom stereocenters. The Bertz CT molecular complexity index is 1330. The zero-order valence-electron chi connectivity index (χ0n) is 42.9. The summed E-state index contributed by atoms with van der Waals surface area (Å²) in [5.41, 5.74) is 0. The highest BCUT2D eigenvalue weighted by atomic mass is 16.6. The Balaban J connectivity index is 4.42. The first-order valence-electron chi connectivity index (χ1n) is 27.2. The first kappa shape index (κ1) is 62.3. The fourth-order valence-electron chi connectivity index (χ4n) is 7.26. The van der Waals surface area contributed by atoms with Crippen molar-refractivity contribution in [2.75, 3.05) is 13.2 Å². The van der Waals surface area contributed by atoms with Crippen molar-refractivity contribution in [2.24, 2.45) is 0 Å². The van der Waals surface area contributed by atoms with E-state index in [4.69, 9.17) is 14.2 Å². The predicted molar refractivity (Wildman–Crippen MR) is 284 cm³/mol. The smallest absolute Gasteiger partial charge is 0.306 e. The molecule has 0 fully saturated rings. The van der Waals surface area contributed by atoms with Crippen LogP contribution in [0.25, 0.3) is 0 Å². The lowest BCUT2D eigenvalue weighted by atomic mass is 10.0. The maximum atomic E-state index is 12.8. The largest absolute Gasteiger partial charge is 0.462 e. The minimum absolute atomic E-state index is 0.0991. The number of allylic oxidation sites excluding steroid dienone is 16. The second kappa shape index (κ2) is 53.9. The van der Waals surface area contributed by atoms with E-state index in [-0.39, 0.29) is 37.5 Å². The van der Waals surface area contributed by atoms with Gasteiger partial charge >= 0.3 is 17.9 Å². The van der Waals surface area contributed by atoms with Crippen LogP contribution in [0.3, 0.4) is 0 Å². The molecule has 0 N–H and O–H groups in total. The molecule has 376 valence electrons. The second-order valence-electron chi connectivity index (χ2n) is 17.8. The number of hydrogen-bond donors (Lipinski definition) is 0. The van der Waals surface area contributed by atoms with Gasteiger partial charge in [0.05, 0.1) is 0 Å². The van der Waals surface area contributed by atoms with E-state index >= 15 is 0 Å². The van der Waals surface area contributed by atoms with Gasteiger partial charge in [0.15, 0.2) is 6.10 Å². The van der Waals surface area contributed by atoms with Gasteiger partial charge in [-0.15, -0.1) is 0 Å². The van der Waals surface area contributed by atoms with E-state index in [2.05, 4.69) is 118 Å². The van der Waals surface area contributed by atoms with Gasteiger partial charge < -0.3 is 14.2 Å². The molecule has 0 spiro atoms. The molecule has 66 heavy (non-hydrogen) atoms. The average molecular weight is 917 g/mol. The van der Waals surface area contributed by atoms with Crippen LogP contribution in [0.5, 0.6) is 0 Å². The summed E-state index contributed by atoms with van der Waals surface area (Å²) in [6.07, 6.45) is 71.2. The van der Waals surface area contributed by atoms with E-state index in [9.17, 15) is 14.4 Å². The number of carbonyl (C=O) groups is 3. The van der Waals surface area contributed by atoms with Crippen molar-refractivity contribution in [3.05, 3.63) is 97.2 Å². The summed E-state index contributed by atoms with van der Waals surface area (Å²) in [6, 6.07) is 0. The zero-order chi connectivity index (χ0) is 47.9. The minimum Gasteiger partial charge on any atom is -0.462 e. The number of ether oxygens (including phenoxy) is 3. The molecule has 1 atom stereocenters. The SMILES string of the molecule is CC/C=C\C/C=C\C/C=C\C/C=C\C/C=C\C/C=C\C/C=C\CCCC(=O)OCC(COC(=O)CCCCCCC/C=C\CCC)OC(=O)CCCCCCCCCCCCCCCCC. The van der Waals surface area contributed by atoms with Gasteiger partial charge in [-0.3, -0.25) is 14.4 Å². The monoisotopic (exact) mass is 917 g/mol. The summed E-state index contributed by atoms with van der Waals surface area (Å²) < 4.78 is 16.7. The van der Waals surface area contributed by atoms with Crippen LogP contribution in [-0.4, -0.2) is 37.2 Å². The molecule has 0 heterocycles. The summed E-state index contributed by atoms with van der Waals surface area (Å²) >= 11 is 0. The number of unbranched alkanes of at least 4 members (excludes halogenated alkanes) is 21. The van der Waals surface area contributed by atoms with E-state index in [1.807, 2.05) is 0 Å². The molecular weight excluding hydrogens is 817 g/mol. The molecule has 0 aliphatic carbocycles. The molecule has 0 saturated heterocycles. The van der Waals surface area contributed by atoms with Gasteiger partial charge in [-0.1, -0.05) is 234 Å². The lowest BCUT2D eigenvalue weighted by Crippen LogP contribution is -2.30. The molecule has 6 heteroatoms. The molecule has 0 bridgehead atoms. The zero-order valence-corrected chi connectivity index (χ0v) is 42.9. The third-order valence-corrected chi connectivity index (χ3v) is 11.3. The summed E-state index contributed by atoms with van der Waals surface area (Å²) in [5, 5.41) is 0. The Kier molecular flexibility index (Phi) is 50.9. The van der Waals surface area contributed by atoms with Crippen LogP contribution >= 0.6 is 0 Å². The lowest BCUT2D eigenvalue weighted by Gasteiger charge is -2.18. The molecule has 0 aliphatic rings. The summed E-state index contributed by atoms with van der Waals surface area (Å²) in [5.74, 6) is -0.970. The van der Waals surface area contributed by atoms with E-state index in [0.717, 1.165) is 109 Å². The van der Waals surface area contributed by atoms with Crippen LogP contribution in [0.2, 0.25) is 0 Å². The van der Waals surface area contributed by atoms with Gasteiger partial charge in [0.25, 0.3) is 0 Å². The molecule has 0 amide bonds. The van der Waals surface area contributed by atoms with Crippen LogP contribution in [0, 0.1) is 0 Å². The molecular formula is C60H100O6.